The molecule has 0 spiro atoms. The zero-order chi connectivity index (χ0) is 31.6. The maximum Gasteiger partial charge on any atom is 0.416 e. The number of nitrogens with one attached hydrogen (secondary N) is 2. The Morgan fingerprint density at radius 1 is 0.911 bits per heavy atom. The summed E-state index contributed by atoms with van der Waals surface area (Å²) >= 11 is 7.40. The number of anilines is 5. The van der Waals surface area contributed by atoms with E-state index in [2.05, 4.69) is 25.6 Å². The summed E-state index contributed by atoms with van der Waals surface area (Å²) in [5, 5.41) is 6.79. The molecule has 0 radical (unpaired) electrons. The van der Waals surface area contributed by atoms with Gasteiger partial charge in [0.05, 0.1) is 22.5 Å². The molecule has 14 heteroatoms. The zero-order valence-corrected chi connectivity index (χ0v) is 25.4. The lowest BCUT2D eigenvalue weighted by atomic mass is 10.1. The van der Waals surface area contributed by atoms with Crippen LogP contribution in [0.2, 0.25) is 5.02 Å². The van der Waals surface area contributed by atoms with Crippen molar-refractivity contribution in [3.63, 3.8) is 0 Å². The van der Waals surface area contributed by atoms with E-state index in [1.807, 2.05) is 59.2 Å². The number of piperazine rings is 1. The van der Waals surface area contributed by atoms with Gasteiger partial charge in [0, 0.05) is 37.4 Å². The lowest BCUT2D eigenvalue weighted by molar-refractivity contribution is -0.137. The van der Waals surface area contributed by atoms with Crippen LogP contribution in [0.25, 0.3) is 11.4 Å². The molecule has 0 aliphatic carbocycles. The molecular weight excluding hydrogens is 625 g/mol. The third-order valence-electron chi connectivity index (χ3n) is 7.17. The molecule has 3 heterocycles. The smallest absolute Gasteiger partial charge is 0.368 e. The van der Waals surface area contributed by atoms with Gasteiger partial charge in [0.2, 0.25) is 11.9 Å². The molecule has 6 rings (SSSR count). The second-order valence-corrected chi connectivity index (χ2v) is 11.6. The highest BCUT2D eigenvalue weighted by Gasteiger charge is 2.31. The summed E-state index contributed by atoms with van der Waals surface area (Å²) in [5.74, 6) is 0.741. The van der Waals surface area contributed by atoms with Crippen LogP contribution in [0.4, 0.5) is 41.6 Å². The van der Waals surface area contributed by atoms with Crippen molar-refractivity contribution in [2.75, 3.05) is 46.6 Å². The number of nitrogens with zero attached hydrogens (tertiary/aromatic N) is 6. The third-order valence-corrected chi connectivity index (χ3v) is 8.39. The van der Waals surface area contributed by atoms with Crippen LogP contribution in [0, 0.1) is 6.92 Å². The highest BCUT2D eigenvalue weighted by Crippen LogP contribution is 2.33. The molecule has 2 N–H and O–H groups in total. The molecule has 1 amide bonds. The number of carbonyl (C=O) groups is 1. The molecule has 1 aliphatic rings. The van der Waals surface area contributed by atoms with E-state index >= 15 is 0 Å². The minimum Gasteiger partial charge on any atom is -0.368 e. The Labute approximate surface area is 265 Å². The molecule has 3 aromatic carbocycles. The maximum atomic E-state index is 13.3. The predicted molar refractivity (Wildman–Crippen MR) is 171 cm³/mol. The van der Waals surface area contributed by atoms with Crippen molar-refractivity contribution in [2.24, 2.45) is 0 Å². The first-order valence-electron chi connectivity index (χ1n) is 13.9. The third kappa shape index (κ3) is 6.99. The van der Waals surface area contributed by atoms with E-state index in [1.54, 1.807) is 12.1 Å². The van der Waals surface area contributed by atoms with Gasteiger partial charge in [0.1, 0.15) is 4.88 Å². The summed E-state index contributed by atoms with van der Waals surface area (Å²) in [4.78, 5) is 35.5. The van der Waals surface area contributed by atoms with Gasteiger partial charge in [-0.3, -0.25) is 10.1 Å². The molecule has 230 valence electrons. The van der Waals surface area contributed by atoms with Crippen molar-refractivity contribution in [1.29, 1.82) is 0 Å². The fraction of sp³-hybridized carbons (Fsp3) is 0.194. The van der Waals surface area contributed by atoms with Crippen molar-refractivity contribution >= 4 is 57.2 Å². The molecule has 0 unspecified atom stereocenters. The minimum atomic E-state index is -4.41. The van der Waals surface area contributed by atoms with E-state index in [0.29, 0.717) is 64.4 Å². The number of hydrogen-bond donors (Lipinski definition) is 2. The van der Waals surface area contributed by atoms with Crippen LogP contribution in [0.15, 0.2) is 79.0 Å². The normalized spacial score (nSPS) is 13.5. The number of para-hydroxylation sites is 1. The van der Waals surface area contributed by atoms with Crippen molar-refractivity contribution in [2.45, 2.75) is 13.1 Å². The molecule has 1 saturated heterocycles. The Morgan fingerprint density at radius 2 is 1.64 bits per heavy atom. The van der Waals surface area contributed by atoms with Crippen LogP contribution in [-0.4, -0.2) is 52.0 Å². The molecular formula is C31H26ClF3N8OS. The second kappa shape index (κ2) is 12.7. The van der Waals surface area contributed by atoms with E-state index in [4.69, 9.17) is 16.6 Å². The van der Waals surface area contributed by atoms with Gasteiger partial charge in [-0.25, -0.2) is 4.98 Å². The average molecular weight is 651 g/mol. The number of thiazole rings is 1. The largest absolute Gasteiger partial charge is 0.416 e. The minimum absolute atomic E-state index is 0.238. The predicted octanol–water partition coefficient (Wildman–Crippen LogP) is 7.30. The number of alkyl halides is 3. The van der Waals surface area contributed by atoms with Crippen LogP contribution in [0.5, 0.6) is 0 Å². The quantitative estimate of drug-likeness (QED) is 0.189. The Bertz CT molecular complexity index is 1810. The second-order valence-electron chi connectivity index (χ2n) is 10.2. The van der Waals surface area contributed by atoms with Gasteiger partial charge >= 0.3 is 6.18 Å². The van der Waals surface area contributed by atoms with Crippen molar-refractivity contribution < 1.29 is 18.0 Å². The van der Waals surface area contributed by atoms with E-state index < -0.39 is 11.7 Å². The highest BCUT2D eigenvalue weighted by atomic mass is 35.5. The fourth-order valence-corrected chi connectivity index (χ4v) is 5.79. The SMILES string of the molecule is Cc1cccc(Cl)c1NC(=O)c1cnc(Nc2nc(-c3ccccc3)nc(N3CCN(c4cccc(C(F)(F)F)c4)CC3)n2)s1. The molecule has 45 heavy (non-hydrogen) atoms. The summed E-state index contributed by atoms with van der Waals surface area (Å²) in [5.41, 5.74) is 1.99. The van der Waals surface area contributed by atoms with Crippen molar-refractivity contribution in [3.05, 3.63) is 100 Å². The van der Waals surface area contributed by atoms with Crippen LogP contribution in [-0.2, 0) is 6.18 Å². The van der Waals surface area contributed by atoms with Gasteiger partial charge in [-0.05, 0) is 36.8 Å². The van der Waals surface area contributed by atoms with Gasteiger partial charge < -0.3 is 15.1 Å². The number of hydrogen-bond acceptors (Lipinski definition) is 9. The van der Waals surface area contributed by atoms with Gasteiger partial charge in [-0.1, -0.05) is 71.5 Å². The van der Waals surface area contributed by atoms with Crippen LogP contribution < -0.4 is 20.4 Å². The molecule has 0 saturated carbocycles. The van der Waals surface area contributed by atoms with Crippen molar-refractivity contribution in [3.8, 4) is 11.4 Å². The standard InChI is InChI=1S/C31H26ClF3N8OS/c1-19-7-5-12-23(32)25(19)37-27(44)24-18-36-30(45-24)41-28-38-26(20-8-3-2-4-9-20)39-29(40-28)43-15-13-42(14-16-43)22-11-6-10-21(17-22)31(33,34)35/h2-12,17-18H,13-16H2,1H3,(H,37,44)(H,36,38,39,40,41). The van der Waals surface area contributed by atoms with Crippen LogP contribution in [0.1, 0.15) is 20.8 Å². The Balaban J connectivity index is 1.21. The first-order chi connectivity index (χ1) is 21.6. The topological polar surface area (TPSA) is 99.2 Å². The van der Waals surface area contributed by atoms with Gasteiger partial charge in [0.15, 0.2) is 11.0 Å². The molecule has 0 atom stereocenters. The summed E-state index contributed by atoms with van der Waals surface area (Å²) in [7, 11) is 0. The lowest BCUT2D eigenvalue weighted by Gasteiger charge is -2.36. The molecule has 1 fully saturated rings. The fourth-order valence-electron chi connectivity index (χ4n) is 4.82. The monoisotopic (exact) mass is 650 g/mol. The summed E-state index contributed by atoms with van der Waals surface area (Å²) in [6.07, 6.45) is -2.95. The van der Waals surface area contributed by atoms with Crippen LogP contribution in [0.3, 0.4) is 0 Å². The van der Waals surface area contributed by atoms with E-state index in [9.17, 15) is 18.0 Å². The van der Waals surface area contributed by atoms with E-state index in [0.717, 1.165) is 28.5 Å². The molecule has 9 nitrogen and oxygen atoms in total. The van der Waals surface area contributed by atoms with E-state index in [-0.39, 0.29) is 11.9 Å². The lowest BCUT2D eigenvalue weighted by Crippen LogP contribution is -2.47. The van der Waals surface area contributed by atoms with E-state index in [1.165, 1.54) is 18.3 Å². The number of carbonyl (C=O) groups excluding carboxylic acids is 1. The Kier molecular flexibility index (Phi) is 8.55. The Hall–Kier alpha value is -4.75. The number of rotatable bonds is 7. The number of aromatic nitrogens is 4. The van der Waals surface area contributed by atoms with Crippen molar-refractivity contribution in [1.82, 2.24) is 19.9 Å². The zero-order valence-electron chi connectivity index (χ0n) is 23.8. The molecule has 0 bridgehead atoms. The Morgan fingerprint density at radius 3 is 2.38 bits per heavy atom. The first kappa shape index (κ1) is 30.3. The van der Waals surface area contributed by atoms with Gasteiger partial charge in [-0.2, -0.15) is 28.1 Å². The highest BCUT2D eigenvalue weighted by molar-refractivity contribution is 7.17. The molecule has 2 aromatic heterocycles. The van der Waals surface area contributed by atoms with Gasteiger partial charge in [0.25, 0.3) is 5.91 Å². The molecule has 5 aromatic rings. The number of halogens is 4. The van der Waals surface area contributed by atoms with Crippen LogP contribution >= 0.6 is 22.9 Å². The number of amides is 1. The number of aryl methyl sites for hydroxylation is 1. The maximum absolute atomic E-state index is 13.3. The first-order valence-corrected chi connectivity index (χ1v) is 15.1. The summed E-state index contributed by atoms with van der Waals surface area (Å²) in [6, 6.07) is 20.1. The van der Waals surface area contributed by atoms with Gasteiger partial charge in [-0.15, -0.1) is 0 Å². The molecule has 1 aliphatic heterocycles. The average Bonchev–Trinajstić information content (AvgIpc) is 3.51. The summed E-state index contributed by atoms with van der Waals surface area (Å²) < 4.78 is 39.8. The summed E-state index contributed by atoms with van der Waals surface area (Å²) in [6.45, 7) is 3.78. The number of benzene rings is 3.